The van der Waals surface area contributed by atoms with Crippen molar-refractivity contribution in [2.75, 3.05) is 19.8 Å². The van der Waals surface area contributed by atoms with Crippen molar-refractivity contribution in [2.45, 2.75) is 59.2 Å². The summed E-state index contributed by atoms with van der Waals surface area (Å²) in [5.74, 6) is -0.239. The normalized spacial score (nSPS) is 20.4. The Morgan fingerprint density at radius 3 is 2.67 bits per heavy atom. The van der Waals surface area contributed by atoms with Gasteiger partial charge in [0.2, 0.25) is 0 Å². The molecule has 1 unspecified atom stereocenters. The Bertz CT molecular complexity index is 365. The van der Waals surface area contributed by atoms with E-state index >= 15 is 0 Å². The van der Waals surface area contributed by atoms with Crippen LogP contribution in [-0.2, 0) is 19.0 Å². The van der Waals surface area contributed by atoms with Crippen LogP contribution in [0.5, 0.6) is 0 Å². The standard InChI is InChI=1S/C17H28O4/c1-14(10-12-19-16(3)18)7-6-8-15(2)13-21-17-9-4-5-11-20-17/h8,10,17H,4-7,9,11-13H2,1-3H3. The van der Waals surface area contributed by atoms with Gasteiger partial charge in [0.15, 0.2) is 6.29 Å². The van der Waals surface area contributed by atoms with Crippen molar-refractivity contribution in [2.24, 2.45) is 0 Å². The molecule has 0 aromatic rings. The fourth-order valence-electron chi connectivity index (χ4n) is 2.08. The number of esters is 1. The van der Waals surface area contributed by atoms with Crippen LogP contribution >= 0.6 is 0 Å². The molecule has 0 aromatic heterocycles. The molecular weight excluding hydrogens is 268 g/mol. The zero-order valence-electron chi connectivity index (χ0n) is 13.5. The number of rotatable bonds is 8. The van der Waals surface area contributed by atoms with E-state index in [0.717, 1.165) is 32.3 Å². The van der Waals surface area contributed by atoms with Gasteiger partial charge in [0, 0.05) is 13.5 Å². The number of carbonyl (C=O) groups excluding carboxylic acids is 1. The van der Waals surface area contributed by atoms with Gasteiger partial charge in [0.25, 0.3) is 0 Å². The van der Waals surface area contributed by atoms with Crippen LogP contribution in [0.1, 0.15) is 52.9 Å². The average Bonchev–Trinajstić information content (AvgIpc) is 2.46. The first kappa shape index (κ1) is 17.9. The van der Waals surface area contributed by atoms with Gasteiger partial charge in [-0.1, -0.05) is 17.2 Å². The Balaban J connectivity index is 2.14. The molecule has 1 saturated heterocycles. The van der Waals surface area contributed by atoms with Gasteiger partial charge in [0.1, 0.15) is 6.61 Å². The average molecular weight is 296 g/mol. The quantitative estimate of drug-likeness (QED) is 0.505. The Labute approximate surface area is 128 Å². The zero-order valence-corrected chi connectivity index (χ0v) is 13.5. The smallest absolute Gasteiger partial charge is 0.302 e. The highest BCUT2D eigenvalue weighted by Gasteiger charge is 2.13. The lowest BCUT2D eigenvalue weighted by Crippen LogP contribution is -2.22. The van der Waals surface area contributed by atoms with Crippen LogP contribution in [0.25, 0.3) is 0 Å². The first-order valence-corrected chi connectivity index (χ1v) is 7.75. The lowest BCUT2D eigenvalue weighted by atomic mass is 10.1. The highest BCUT2D eigenvalue weighted by atomic mass is 16.7. The fraction of sp³-hybridized carbons (Fsp3) is 0.706. The molecule has 4 heteroatoms. The Hall–Kier alpha value is -1.13. The van der Waals surface area contributed by atoms with Gasteiger partial charge in [-0.2, -0.15) is 0 Å². The molecule has 0 aliphatic carbocycles. The maximum absolute atomic E-state index is 10.6. The van der Waals surface area contributed by atoms with Gasteiger partial charge in [-0.15, -0.1) is 0 Å². The topological polar surface area (TPSA) is 44.8 Å². The molecule has 0 saturated carbocycles. The van der Waals surface area contributed by atoms with Gasteiger partial charge < -0.3 is 14.2 Å². The van der Waals surface area contributed by atoms with Crippen molar-refractivity contribution in [3.8, 4) is 0 Å². The van der Waals surface area contributed by atoms with Gasteiger partial charge in [-0.25, -0.2) is 0 Å². The van der Waals surface area contributed by atoms with Crippen LogP contribution in [0.4, 0.5) is 0 Å². The second-order valence-corrected chi connectivity index (χ2v) is 5.55. The molecular formula is C17H28O4. The van der Waals surface area contributed by atoms with Crippen molar-refractivity contribution < 1.29 is 19.0 Å². The summed E-state index contributed by atoms with van der Waals surface area (Å²) in [6.45, 7) is 7.39. The minimum atomic E-state index is -0.239. The third kappa shape index (κ3) is 9.43. The van der Waals surface area contributed by atoms with Crippen LogP contribution in [0.3, 0.4) is 0 Å². The minimum absolute atomic E-state index is 0.0209. The van der Waals surface area contributed by atoms with E-state index in [2.05, 4.69) is 19.9 Å². The molecule has 1 fully saturated rings. The second-order valence-electron chi connectivity index (χ2n) is 5.55. The van der Waals surface area contributed by atoms with Crippen molar-refractivity contribution in [1.29, 1.82) is 0 Å². The highest BCUT2D eigenvalue weighted by Crippen LogP contribution is 2.15. The number of ether oxygens (including phenoxy) is 3. The molecule has 4 nitrogen and oxygen atoms in total. The maximum Gasteiger partial charge on any atom is 0.302 e. The van der Waals surface area contributed by atoms with Crippen LogP contribution in [0, 0.1) is 0 Å². The molecule has 120 valence electrons. The van der Waals surface area contributed by atoms with Crippen LogP contribution in [0.15, 0.2) is 23.3 Å². The van der Waals surface area contributed by atoms with Gasteiger partial charge in [0.05, 0.1) is 6.61 Å². The molecule has 0 aromatic carbocycles. The monoisotopic (exact) mass is 296 g/mol. The lowest BCUT2D eigenvalue weighted by Gasteiger charge is -2.22. The number of carbonyl (C=O) groups is 1. The molecule has 0 N–H and O–H groups in total. The molecule has 1 heterocycles. The van der Waals surface area contributed by atoms with Crippen molar-refractivity contribution >= 4 is 5.97 Å². The summed E-state index contributed by atoms with van der Waals surface area (Å²) >= 11 is 0. The highest BCUT2D eigenvalue weighted by molar-refractivity contribution is 5.66. The fourth-order valence-corrected chi connectivity index (χ4v) is 2.08. The first-order chi connectivity index (χ1) is 10.1. The predicted octanol–water partition coefficient (Wildman–Crippen LogP) is 3.77. The minimum Gasteiger partial charge on any atom is -0.462 e. The molecule has 1 rings (SSSR count). The van der Waals surface area contributed by atoms with E-state index < -0.39 is 0 Å². The number of hydrogen-bond acceptors (Lipinski definition) is 4. The maximum atomic E-state index is 10.6. The summed E-state index contributed by atoms with van der Waals surface area (Å²) in [5.41, 5.74) is 2.47. The predicted molar refractivity (Wildman–Crippen MR) is 82.9 cm³/mol. The van der Waals surface area contributed by atoms with Crippen LogP contribution in [-0.4, -0.2) is 32.1 Å². The molecule has 0 bridgehead atoms. The van der Waals surface area contributed by atoms with E-state index in [1.54, 1.807) is 0 Å². The van der Waals surface area contributed by atoms with Crippen LogP contribution in [0.2, 0.25) is 0 Å². The summed E-state index contributed by atoms with van der Waals surface area (Å²) in [5, 5.41) is 0. The molecule has 1 aliphatic rings. The van der Waals surface area contributed by atoms with Crippen LogP contribution < -0.4 is 0 Å². The summed E-state index contributed by atoms with van der Waals surface area (Å²) in [6, 6.07) is 0. The number of hydrogen-bond donors (Lipinski definition) is 0. The van der Waals surface area contributed by atoms with Crippen molar-refractivity contribution in [1.82, 2.24) is 0 Å². The summed E-state index contributed by atoms with van der Waals surface area (Å²) in [6.07, 6.45) is 9.43. The van der Waals surface area contributed by atoms with Gasteiger partial charge >= 0.3 is 5.97 Å². The molecule has 0 spiro atoms. The largest absolute Gasteiger partial charge is 0.462 e. The van der Waals surface area contributed by atoms with Gasteiger partial charge in [-0.3, -0.25) is 4.79 Å². The van der Waals surface area contributed by atoms with Crippen molar-refractivity contribution in [3.63, 3.8) is 0 Å². The third-order valence-electron chi connectivity index (χ3n) is 3.38. The molecule has 1 aliphatic heterocycles. The third-order valence-corrected chi connectivity index (χ3v) is 3.38. The van der Waals surface area contributed by atoms with E-state index in [4.69, 9.17) is 14.2 Å². The van der Waals surface area contributed by atoms with E-state index in [9.17, 15) is 4.79 Å². The molecule has 1 atom stereocenters. The second kappa shape index (κ2) is 10.6. The Morgan fingerprint density at radius 2 is 2.00 bits per heavy atom. The molecule has 0 amide bonds. The van der Waals surface area contributed by atoms with E-state index in [1.165, 1.54) is 24.5 Å². The molecule has 21 heavy (non-hydrogen) atoms. The summed E-state index contributed by atoms with van der Waals surface area (Å²) < 4.78 is 16.1. The molecule has 0 radical (unpaired) electrons. The summed E-state index contributed by atoms with van der Waals surface area (Å²) in [4.78, 5) is 10.6. The van der Waals surface area contributed by atoms with Crippen molar-refractivity contribution in [3.05, 3.63) is 23.3 Å². The zero-order chi connectivity index (χ0) is 15.5. The van der Waals surface area contributed by atoms with E-state index in [1.807, 2.05) is 6.08 Å². The Kier molecular flexibility index (Phi) is 9.02. The van der Waals surface area contributed by atoms with Gasteiger partial charge in [-0.05, 0) is 52.0 Å². The van der Waals surface area contributed by atoms with E-state index in [0.29, 0.717) is 13.2 Å². The first-order valence-electron chi connectivity index (χ1n) is 7.75. The van der Waals surface area contributed by atoms with E-state index in [-0.39, 0.29) is 12.3 Å². The Morgan fingerprint density at radius 1 is 1.19 bits per heavy atom. The summed E-state index contributed by atoms with van der Waals surface area (Å²) in [7, 11) is 0. The number of allylic oxidation sites excluding steroid dienone is 2. The lowest BCUT2D eigenvalue weighted by molar-refractivity contribution is -0.156. The SMILES string of the molecule is CC(=O)OCC=C(C)CCC=C(C)COC1CCCCO1.